The van der Waals surface area contributed by atoms with Gasteiger partial charge >= 0.3 is 5.97 Å². The number of rotatable bonds is 3. The lowest BCUT2D eigenvalue weighted by atomic mass is 10.1. The van der Waals surface area contributed by atoms with Gasteiger partial charge in [-0.1, -0.05) is 18.2 Å². The predicted octanol–water partition coefficient (Wildman–Crippen LogP) is 4.54. The molecule has 0 saturated heterocycles. The molecule has 5 aromatic rings. The van der Waals surface area contributed by atoms with Gasteiger partial charge in [-0.15, -0.1) is 0 Å². The number of aromatic amines is 1. The molecule has 0 spiro atoms. The number of aromatic carboxylic acids is 1. The topological polar surface area (TPSA) is 91.8 Å². The minimum atomic E-state index is -0.955. The third kappa shape index (κ3) is 2.77. The molecule has 0 bridgehead atoms. The Balaban J connectivity index is 1.52. The molecule has 6 nitrogen and oxygen atoms in total. The monoisotopic (exact) mass is 366 g/mol. The van der Waals surface area contributed by atoms with E-state index in [-0.39, 0.29) is 5.56 Å². The molecule has 6 heteroatoms. The lowest BCUT2D eigenvalue weighted by Crippen LogP contribution is -1.96. The van der Waals surface area contributed by atoms with Crippen LogP contribution in [0.3, 0.4) is 0 Å². The molecule has 0 atom stereocenters. The summed E-state index contributed by atoms with van der Waals surface area (Å²) in [6.07, 6.45) is 5.39. The van der Waals surface area contributed by atoms with E-state index >= 15 is 0 Å². The third-order valence-electron chi connectivity index (χ3n) is 4.71. The molecule has 5 rings (SSSR count). The van der Waals surface area contributed by atoms with Gasteiger partial charge in [-0.2, -0.15) is 0 Å². The van der Waals surface area contributed by atoms with Crippen LogP contribution in [0.25, 0.3) is 44.5 Å². The summed E-state index contributed by atoms with van der Waals surface area (Å²) in [7, 11) is 0. The van der Waals surface area contributed by atoms with Crippen molar-refractivity contribution in [2.75, 3.05) is 0 Å². The van der Waals surface area contributed by atoms with Gasteiger partial charge in [0.25, 0.3) is 0 Å². The van der Waals surface area contributed by atoms with Crippen LogP contribution in [0.4, 0.5) is 0 Å². The summed E-state index contributed by atoms with van der Waals surface area (Å²) in [5, 5.41) is 10.2. The highest BCUT2D eigenvalue weighted by atomic mass is 16.4. The number of carboxylic acids is 1. The van der Waals surface area contributed by atoms with E-state index in [4.69, 9.17) is 5.11 Å². The number of nitrogens with zero attached hydrogens (tertiary/aromatic N) is 3. The van der Waals surface area contributed by atoms with Gasteiger partial charge in [-0.05, 0) is 47.3 Å². The fourth-order valence-corrected chi connectivity index (χ4v) is 3.21. The van der Waals surface area contributed by atoms with Gasteiger partial charge in [-0.25, -0.2) is 14.8 Å². The van der Waals surface area contributed by atoms with Crippen molar-refractivity contribution >= 4 is 28.0 Å². The molecular weight excluding hydrogens is 352 g/mol. The molecule has 0 saturated carbocycles. The largest absolute Gasteiger partial charge is 0.478 e. The van der Waals surface area contributed by atoms with E-state index in [2.05, 4.69) is 26.0 Å². The zero-order valence-corrected chi connectivity index (χ0v) is 14.6. The van der Waals surface area contributed by atoms with E-state index in [0.29, 0.717) is 16.9 Å². The molecule has 0 fully saturated rings. The normalized spacial score (nSPS) is 11.1. The predicted molar refractivity (Wildman–Crippen MR) is 107 cm³/mol. The standard InChI is InChI=1S/C22H14N4O2/c27-22(28)14-3-1-13(2-4-14)20-12-24-19-10-17(11-25-21(19)26-20)15-5-6-18-16(9-15)7-8-23-18/h1-12,23H,(H,27,28). The zero-order chi connectivity index (χ0) is 19.1. The molecule has 3 heterocycles. The lowest BCUT2D eigenvalue weighted by Gasteiger charge is -2.06. The quantitative estimate of drug-likeness (QED) is 0.489. The van der Waals surface area contributed by atoms with E-state index in [0.717, 1.165) is 27.6 Å². The number of nitrogens with one attached hydrogen (secondary N) is 1. The number of H-pyrrole nitrogens is 1. The molecule has 0 aliphatic carbocycles. The van der Waals surface area contributed by atoms with Crippen molar-refractivity contribution in [3.63, 3.8) is 0 Å². The van der Waals surface area contributed by atoms with Crippen molar-refractivity contribution in [1.82, 2.24) is 19.9 Å². The van der Waals surface area contributed by atoms with Crippen molar-refractivity contribution in [1.29, 1.82) is 0 Å². The number of carbonyl (C=O) groups is 1. The van der Waals surface area contributed by atoms with Crippen LogP contribution in [-0.2, 0) is 0 Å². The summed E-state index contributed by atoms with van der Waals surface area (Å²) in [6, 6.07) is 16.8. The van der Waals surface area contributed by atoms with Crippen LogP contribution in [0.1, 0.15) is 10.4 Å². The maximum absolute atomic E-state index is 11.0. The van der Waals surface area contributed by atoms with Crippen LogP contribution in [0.15, 0.2) is 73.2 Å². The van der Waals surface area contributed by atoms with E-state index < -0.39 is 5.97 Å². The molecule has 3 aromatic heterocycles. The molecule has 0 aliphatic rings. The summed E-state index contributed by atoms with van der Waals surface area (Å²) >= 11 is 0. The number of hydrogen-bond acceptors (Lipinski definition) is 4. The van der Waals surface area contributed by atoms with Gasteiger partial charge in [0.1, 0.15) is 5.52 Å². The number of carboxylic acid groups (broad SMARTS) is 1. The lowest BCUT2D eigenvalue weighted by molar-refractivity contribution is 0.0697. The average Bonchev–Trinajstić information content (AvgIpc) is 3.21. The van der Waals surface area contributed by atoms with E-state index in [1.165, 1.54) is 0 Å². The Morgan fingerprint density at radius 1 is 0.857 bits per heavy atom. The van der Waals surface area contributed by atoms with Crippen LogP contribution in [-0.4, -0.2) is 31.0 Å². The van der Waals surface area contributed by atoms with Crippen molar-refractivity contribution < 1.29 is 9.90 Å². The van der Waals surface area contributed by atoms with Crippen LogP contribution < -0.4 is 0 Å². The van der Waals surface area contributed by atoms with Crippen LogP contribution in [0.2, 0.25) is 0 Å². The molecule has 0 aliphatic heterocycles. The Morgan fingerprint density at radius 2 is 1.68 bits per heavy atom. The Labute approximate surface area is 159 Å². The van der Waals surface area contributed by atoms with Gasteiger partial charge in [0.05, 0.1) is 17.5 Å². The Hall–Kier alpha value is -4.06. The first-order valence-corrected chi connectivity index (χ1v) is 8.71. The molecule has 2 N–H and O–H groups in total. The highest BCUT2D eigenvalue weighted by Crippen LogP contribution is 2.26. The average molecular weight is 366 g/mol. The van der Waals surface area contributed by atoms with E-state index in [9.17, 15) is 4.79 Å². The first-order valence-electron chi connectivity index (χ1n) is 8.71. The first-order chi connectivity index (χ1) is 13.7. The summed E-state index contributed by atoms with van der Waals surface area (Å²) < 4.78 is 0. The highest BCUT2D eigenvalue weighted by Gasteiger charge is 2.08. The molecule has 2 aromatic carbocycles. The number of aromatic nitrogens is 4. The zero-order valence-electron chi connectivity index (χ0n) is 14.6. The Bertz CT molecular complexity index is 1340. The number of fused-ring (bicyclic) bond motifs is 2. The summed E-state index contributed by atoms with van der Waals surface area (Å²) in [4.78, 5) is 27.7. The first kappa shape index (κ1) is 16.1. The van der Waals surface area contributed by atoms with Gasteiger partial charge < -0.3 is 10.1 Å². The van der Waals surface area contributed by atoms with Crippen LogP contribution >= 0.6 is 0 Å². The Kier molecular flexibility index (Phi) is 3.62. The van der Waals surface area contributed by atoms with Crippen molar-refractivity contribution in [3.05, 3.63) is 78.8 Å². The van der Waals surface area contributed by atoms with Gasteiger partial charge in [0.15, 0.2) is 5.65 Å². The number of benzene rings is 2. The maximum Gasteiger partial charge on any atom is 0.335 e. The van der Waals surface area contributed by atoms with Crippen molar-refractivity contribution in [2.24, 2.45) is 0 Å². The van der Waals surface area contributed by atoms with E-state index in [1.54, 1.807) is 36.7 Å². The summed E-state index contributed by atoms with van der Waals surface area (Å²) in [5.74, 6) is -0.955. The van der Waals surface area contributed by atoms with Crippen molar-refractivity contribution in [3.8, 4) is 22.4 Å². The summed E-state index contributed by atoms with van der Waals surface area (Å²) in [5.41, 5.74) is 6.07. The molecule has 134 valence electrons. The second kappa shape index (κ2) is 6.28. The molecule has 0 radical (unpaired) electrons. The molecule has 0 amide bonds. The second-order valence-electron chi connectivity index (χ2n) is 6.48. The van der Waals surface area contributed by atoms with Gasteiger partial charge in [0, 0.05) is 29.0 Å². The SMILES string of the molecule is O=C(O)c1ccc(-c2cnc3cc(-c4ccc5[nH]ccc5c4)cnc3n2)cc1. The smallest absolute Gasteiger partial charge is 0.335 e. The maximum atomic E-state index is 11.0. The fraction of sp³-hybridized carbons (Fsp3) is 0. The number of pyridine rings is 1. The van der Waals surface area contributed by atoms with Crippen LogP contribution in [0.5, 0.6) is 0 Å². The minimum Gasteiger partial charge on any atom is -0.478 e. The minimum absolute atomic E-state index is 0.236. The second-order valence-corrected chi connectivity index (χ2v) is 6.48. The molecule has 28 heavy (non-hydrogen) atoms. The Morgan fingerprint density at radius 3 is 2.50 bits per heavy atom. The van der Waals surface area contributed by atoms with Crippen molar-refractivity contribution in [2.45, 2.75) is 0 Å². The van der Waals surface area contributed by atoms with E-state index in [1.807, 2.05) is 30.5 Å². The van der Waals surface area contributed by atoms with Gasteiger partial charge in [0.2, 0.25) is 0 Å². The number of hydrogen-bond donors (Lipinski definition) is 2. The van der Waals surface area contributed by atoms with Gasteiger partial charge in [-0.3, -0.25) is 4.98 Å². The highest BCUT2D eigenvalue weighted by molar-refractivity contribution is 5.89. The molecule has 0 unspecified atom stereocenters. The fourth-order valence-electron chi connectivity index (χ4n) is 3.21. The van der Waals surface area contributed by atoms with Crippen LogP contribution in [0, 0.1) is 0 Å². The molecular formula is C22H14N4O2. The summed E-state index contributed by atoms with van der Waals surface area (Å²) in [6.45, 7) is 0. The third-order valence-corrected chi connectivity index (χ3v) is 4.71.